The van der Waals surface area contributed by atoms with E-state index in [0.29, 0.717) is 5.75 Å². The third-order valence-electron chi connectivity index (χ3n) is 3.04. The Balaban J connectivity index is 2.49. The number of carbonyl (C=O) groups excluding carboxylic acids is 1. The lowest BCUT2D eigenvalue weighted by Crippen LogP contribution is -2.06. The molecule has 4 nitrogen and oxygen atoms in total. The summed E-state index contributed by atoms with van der Waals surface area (Å²) in [5.74, 6) is 0.293. The van der Waals surface area contributed by atoms with Gasteiger partial charge in [0.05, 0.1) is 7.11 Å². The number of esters is 1. The number of nitrogens with zero attached hydrogens (tertiary/aromatic N) is 1. The minimum Gasteiger partial charge on any atom is -0.465 e. The van der Waals surface area contributed by atoms with Crippen LogP contribution in [0.3, 0.4) is 0 Å². The summed E-state index contributed by atoms with van der Waals surface area (Å²) in [6.07, 6.45) is 0. The molecule has 0 fully saturated rings. The van der Waals surface area contributed by atoms with Crippen molar-refractivity contribution in [2.45, 2.75) is 20.8 Å². The highest BCUT2D eigenvalue weighted by Crippen LogP contribution is 2.31. The summed E-state index contributed by atoms with van der Waals surface area (Å²) >= 11 is 5.89. The highest BCUT2D eigenvalue weighted by Gasteiger charge is 2.17. The maximum atomic E-state index is 11.8. The summed E-state index contributed by atoms with van der Waals surface area (Å²) in [6, 6.07) is 7.07. The van der Waals surface area contributed by atoms with Crippen molar-refractivity contribution in [1.29, 1.82) is 0 Å². The molecule has 0 spiro atoms. The fraction of sp³-hybridized carbons (Fsp3) is 0.250. The van der Waals surface area contributed by atoms with Crippen molar-refractivity contribution < 1.29 is 14.3 Å². The number of methoxy groups -OCH3 is 1. The largest absolute Gasteiger partial charge is 0.465 e. The number of aromatic nitrogens is 1. The topological polar surface area (TPSA) is 48.4 Å². The molecule has 0 bridgehead atoms. The Labute approximate surface area is 128 Å². The molecule has 5 heteroatoms. The van der Waals surface area contributed by atoms with Gasteiger partial charge in [-0.1, -0.05) is 29.3 Å². The number of hydrogen-bond acceptors (Lipinski definition) is 4. The lowest BCUT2D eigenvalue weighted by Gasteiger charge is -2.14. The molecule has 21 heavy (non-hydrogen) atoms. The monoisotopic (exact) mass is 305 g/mol. The van der Waals surface area contributed by atoms with Crippen LogP contribution in [0.2, 0.25) is 5.15 Å². The van der Waals surface area contributed by atoms with E-state index < -0.39 is 5.97 Å². The maximum Gasteiger partial charge on any atom is 0.343 e. The van der Waals surface area contributed by atoms with Crippen LogP contribution in [-0.2, 0) is 4.74 Å². The molecule has 0 saturated carbocycles. The third kappa shape index (κ3) is 3.34. The van der Waals surface area contributed by atoms with Crippen LogP contribution >= 0.6 is 11.6 Å². The second-order valence-electron chi connectivity index (χ2n) is 4.81. The second kappa shape index (κ2) is 6.14. The molecule has 0 aliphatic carbocycles. The van der Waals surface area contributed by atoms with E-state index in [1.54, 1.807) is 0 Å². The summed E-state index contributed by atoms with van der Waals surface area (Å²) in [5, 5.41) is 0.250. The van der Waals surface area contributed by atoms with Gasteiger partial charge >= 0.3 is 5.97 Å². The van der Waals surface area contributed by atoms with Gasteiger partial charge in [0.1, 0.15) is 16.5 Å². The lowest BCUT2D eigenvalue weighted by atomic mass is 10.1. The first-order chi connectivity index (χ1) is 9.92. The van der Waals surface area contributed by atoms with Gasteiger partial charge < -0.3 is 9.47 Å². The van der Waals surface area contributed by atoms with Crippen molar-refractivity contribution in [1.82, 2.24) is 4.98 Å². The van der Waals surface area contributed by atoms with Gasteiger partial charge in [0.25, 0.3) is 0 Å². The average molecular weight is 306 g/mol. The zero-order valence-corrected chi connectivity index (χ0v) is 13.1. The smallest absolute Gasteiger partial charge is 0.343 e. The molecule has 1 aromatic carbocycles. The molecule has 0 unspecified atom stereocenters. The van der Waals surface area contributed by atoms with Crippen molar-refractivity contribution in [3.63, 3.8) is 0 Å². The fourth-order valence-corrected chi connectivity index (χ4v) is 2.33. The van der Waals surface area contributed by atoms with Crippen LogP contribution in [-0.4, -0.2) is 18.1 Å². The van der Waals surface area contributed by atoms with Crippen molar-refractivity contribution >= 4 is 17.6 Å². The Morgan fingerprint density at radius 1 is 1.14 bits per heavy atom. The Hall–Kier alpha value is -2.07. The number of carbonyl (C=O) groups is 1. The SMILES string of the molecule is COC(=O)c1ccc(Cl)nc1Oc1c(C)cc(C)cc1C. The quantitative estimate of drug-likeness (QED) is 0.628. The van der Waals surface area contributed by atoms with E-state index in [1.165, 1.54) is 19.2 Å². The van der Waals surface area contributed by atoms with Crippen LogP contribution < -0.4 is 4.74 Å². The maximum absolute atomic E-state index is 11.8. The molecule has 0 saturated heterocycles. The Bertz CT molecular complexity index is 675. The molecular weight excluding hydrogens is 290 g/mol. The third-order valence-corrected chi connectivity index (χ3v) is 3.25. The van der Waals surface area contributed by atoms with Gasteiger partial charge in [-0.05, 0) is 44.0 Å². The van der Waals surface area contributed by atoms with E-state index in [1.807, 2.05) is 32.9 Å². The molecule has 110 valence electrons. The van der Waals surface area contributed by atoms with E-state index >= 15 is 0 Å². The number of pyridine rings is 1. The molecule has 0 amide bonds. The predicted octanol–water partition coefficient (Wildman–Crippen LogP) is 4.24. The van der Waals surface area contributed by atoms with Crippen LogP contribution in [0.1, 0.15) is 27.0 Å². The van der Waals surface area contributed by atoms with Crippen LogP contribution in [0.15, 0.2) is 24.3 Å². The molecule has 0 N–H and O–H groups in total. The second-order valence-corrected chi connectivity index (χ2v) is 5.20. The van der Waals surface area contributed by atoms with Crippen LogP contribution in [0, 0.1) is 20.8 Å². The standard InChI is InChI=1S/C16H16ClNO3/c1-9-7-10(2)14(11(3)8-9)21-15-12(16(19)20-4)5-6-13(17)18-15/h5-8H,1-4H3. The van der Waals surface area contributed by atoms with Crippen LogP contribution in [0.5, 0.6) is 11.6 Å². The fourth-order valence-electron chi connectivity index (χ4n) is 2.19. The molecule has 0 atom stereocenters. The predicted molar refractivity (Wildman–Crippen MR) is 81.3 cm³/mol. The minimum absolute atomic E-state index is 0.143. The van der Waals surface area contributed by atoms with Crippen LogP contribution in [0.25, 0.3) is 0 Å². The van der Waals surface area contributed by atoms with Crippen molar-refractivity contribution in [3.8, 4) is 11.6 Å². The molecule has 0 aliphatic rings. The van der Waals surface area contributed by atoms with Crippen molar-refractivity contribution in [2.24, 2.45) is 0 Å². The highest BCUT2D eigenvalue weighted by molar-refractivity contribution is 6.29. The first kappa shape index (κ1) is 15.3. The van der Waals surface area contributed by atoms with Crippen molar-refractivity contribution in [2.75, 3.05) is 7.11 Å². The van der Waals surface area contributed by atoms with Gasteiger partial charge in [-0.3, -0.25) is 0 Å². The summed E-state index contributed by atoms with van der Waals surface area (Å²) in [5.41, 5.74) is 3.31. The number of rotatable bonds is 3. The summed E-state index contributed by atoms with van der Waals surface area (Å²) in [7, 11) is 1.31. The Morgan fingerprint density at radius 2 is 1.76 bits per heavy atom. The minimum atomic E-state index is -0.517. The van der Waals surface area contributed by atoms with Gasteiger partial charge in [0.15, 0.2) is 0 Å². The number of aryl methyl sites for hydroxylation is 3. The Kier molecular flexibility index (Phi) is 4.48. The van der Waals surface area contributed by atoms with Crippen molar-refractivity contribution in [3.05, 3.63) is 51.7 Å². The van der Waals surface area contributed by atoms with Gasteiger partial charge in [-0.25, -0.2) is 9.78 Å². The number of ether oxygens (including phenoxy) is 2. The summed E-state index contributed by atoms with van der Waals surface area (Å²) < 4.78 is 10.6. The number of hydrogen-bond donors (Lipinski definition) is 0. The zero-order valence-electron chi connectivity index (χ0n) is 12.4. The summed E-state index contributed by atoms with van der Waals surface area (Å²) in [6.45, 7) is 5.90. The first-order valence-corrected chi connectivity index (χ1v) is 6.80. The van der Waals surface area contributed by atoms with Gasteiger partial charge in [0, 0.05) is 0 Å². The normalized spacial score (nSPS) is 10.3. The van der Waals surface area contributed by atoms with Gasteiger partial charge in [-0.15, -0.1) is 0 Å². The van der Waals surface area contributed by atoms with E-state index in [2.05, 4.69) is 4.98 Å². The van der Waals surface area contributed by atoms with E-state index in [0.717, 1.165) is 16.7 Å². The zero-order chi connectivity index (χ0) is 15.6. The highest BCUT2D eigenvalue weighted by atomic mass is 35.5. The average Bonchev–Trinajstić information content (AvgIpc) is 2.42. The lowest BCUT2D eigenvalue weighted by molar-refractivity contribution is 0.0597. The van der Waals surface area contributed by atoms with Gasteiger partial charge in [-0.2, -0.15) is 0 Å². The number of halogens is 1. The van der Waals surface area contributed by atoms with Crippen LogP contribution in [0.4, 0.5) is 0 Å². The molecule has 2 rings (SSSR count). The molecule has 0 radical (unpaired) electrons. The van der Waals surface area contributed by atoms with E-state index in [9.17, 15) is 4.79 Å². The molecule has 0 aliphatic heterocycles. The molecular formula is C16H16ClNO3. The van der Waals surface area contributed by atoms with E-state index in [4.69, 9.17) is 21.1 Å². The van der Waals surface area contributed by atoms with E-state index in [-0.39, 0.29) is 16.6 Å². The molecule has 2 aromatic rings. The van der Waals surface area contributed by atoms with Gasteiger partial charge in [0.2, 0.25) is 5.88 Å². The molecule has 1 heterocycles. The Morgan fingerprint density at radius 3 is 2.33 bits per heavy atom. The number of benzene rings is 1. The first-order valence-electron chi connectivity index (χ1n) is 6.43. The summed E-state index contributed by atoms with van der Waals surface area (Å²) in [4.78, 5) is 15.9. The molecule has 1 aromatic heterocycles.